The molecular weight excluding hydrogens is 196 g/mol. The van der Waals surface area contributed by atoms with Crippen molar-refractivity contribution in [1.82, 2.24) is 0 Å². The van der Waals surface area contributed by atoms with Crippen molar-refractivity contribution in [3.63, 3.8) is 0 Å². The third-order valence-electron chi connectivity index (χ3n) is 3.96. The molecule has 1 aromatic rings. The molecule has 1 aromatic carbocycles. The Bertz CT molecular complexity index is 377. The highest BCUT2D eigenvalue weighted by molar-refractivity contribution is 5.39. The summed E-state index contributed by atoms with van der Waals surface area (Å²) < 4.78 is 0. The fourth-order valence-electron chi connectivity index (χ4n) is 2.17. The van der Waals surface area contributed by atoms with Crippen LogP contribution in [0.4, 0.5) is 0 Å². The number of rotatable bonds is 3. The van der Waals surface area contributed by atoms with E-state index >= 15 is 0 Å². The van der Waals surface area contributed by atoms with Gasteiger partial charge in [-0.05, 0) is 55.9 Å². The SMILES string of the molecule is CCC(C)C(C)(O)c1cc(C)c(C)cc1C. The lowest BCUT2D eigenvalue weighted by atomic mass is 9.79. The average molecular weight is 220 g/mol. The summed E-state index contributed by atoms with van der Waals surface area (Å²) in [5.41, 5.74) is 4.08. The van der Waals surface area contributed by atoms with Gasteiger partial charge < -0.3 is 5.11 Å². The summed E-state index contributed by atoms with van der Waals surface area (Å²) in [6, 6.07) is 4.30. The molecule has 0 aliphatic carbocycles. The molecule has 0 saturated heterocycles. The monoisotopic (exact) mass is 220 g/mol. The molecule has 2 atom stereocenters. The lowest BCUT2D eigenvalue weighted by molar-refractivity contribution is -0.000595. The maximum atomic E-state index is 10.7. The van der Waals surface area contributed by atoms with E-state index in [4.69, 9.17) is 0 Å². The minimum atomic E-state index is -0.725. The lowest BCUT2D eigenvalue weighted by Gasteiger charge is -2.32. The van der Waals surface area contributed by atoms with Crippen LogP contribution < -0.4 is 0 Å². The van der Waals surface area contributed by atoms with Gasteiger partial charge in [0, 0.05) is 0 Å². The van der Waals surface area contributed by atoms with Crippen molar-refractivity contribution in [3.05, 3.63) is 34.4 Å². The Labute approximate surface area is 99.5 Å². The fraction of sp³-hybridized carbons (Fsp3) is 0.600. The predicted molar refractivity (Wildman–Crippen MR) is 69.7 cm³/mol. The Balaban J connectivity index is 3.27. The van der Waals surface area contributed by atoms with Crippen LogP contribution in [0.15, 0.2) is 12.1 Å². The lowest BCUT2D eigenvalue weighted by Crippen LogP contribution is -2.30. The zero-order valence-corrected chi connectivity index (χ0v) is 11.4. The Kier molecular flexibility index (Phi) is 3.80. The molecule has 0 aliphatic heterocycles. The van der Waals surface area contributed by atoms with Gasteiger partial charge in [-0.25, -0.2) is 0 Å². The van der Waals surface area contributed by atoms with Crippen molar-refractivity contribution < 1.29 is 5.11 Å². The second kappa shape index (κ2) is 4.58. The first-order chi connectivity index (χ1) is 7.30. The molecule has 1 rings (SSSR count). The first-order valence-corrected chi connectivity index (χ1v) is 6.11. The van der Waals surface area contributed by atoms with Crippen LogP contribution in [0.1, 0.15) is 49.4 Å². The smallest absolute Gasteiger partial charge is 0.0896 e. The van der Waals surface area contributed by atoms with Crippen molar-refractivity contribution in [1.29, 1.82) is 0 Å². The number of aryl methyl sites for hydroxylation is 3. The van der Waals surface area contributed by atoms with E-state index < -0.39 is 5.60 Å². The van der Waals surface area contributed by atoms with Crippen LogP contribution in [0.2, 0.25) is 0 Å². The molecule has 1 heteroatoms. The summed E-state index contributed by atoms with van der Waals surface area (Å²) in [7, 11) is 0. The molecule has 0 radical (unpaired) electrons. The Morgan fingerprint density at radius 1 is 1.12 bits per heavy atom. The molecule has 90 valence electrons. The summed E-state index contributed by atoms with van der Waals surface area (Å²) in [6.45, 7) is 12.5. The van der Waals surface area contributed by atoms with Gasteiger partial charge in [0.15, 0.2) is 0 Å². The molecule has 0 fully saturated rings. The largest absolute Gasteiger partial charge is 0.385 e. The highest BCUT2D eigenvalue weighted by Crippen LogP contribution is 2.34. The van der Waals surface area contributed by atoms with E-state index in [1.165, 1.54) is 16.7 Å². The number of benzene rings is 1. The van der Waals surface area contributed by atoms with E-state index in [2.05, 4.69) is 46.8 Å². The molecule has 0 spiro atoms. The fourth-order valence-corrected chi connectivity index (χ4v) is 2.17. The average Bonchev–Trinajstić information content (AvgIpc) is 2.21. The van der Waals surface area contributed by atoms with Gasteiger partial charge in [-0.1, -0.05) is 32.4 Å². The van der Waals surface area contributed by atoms with E-state index in [0.29, 0.717) is 0 Å². The summed E-state index contributed by atoms with van der Waals surface area (Å²) in [5, 5.41) is 10.7. The van der Waals surface area contributed by atoms with E-state index in [1.807, 2.05) is 6.92 Å². The molecular formula is C15H24O. The highest BCUT2D eigenvalue weighted by Gasteiger charge is 2.30. The minimum Gasteiger partial charge on any atom is -0.385 e. The maximum absolute atomic E-state index is 10.7. The van der Waals surface area contributed by atoms with Crippen LogP contribution in [-0.2, 0) is 5.60 Å². The molecule has 0 amide bonds. The molecule has 0 aromatic heterocycles. The zero-order chi connectivity index (χ0) is 12.5. The Morgan fingerprint density at radius 2 is 1.62 bits per heavy atom. The standard InChI is InChI=1S/C15H24O/c1-7-13(5)15(6,16)14-9-11(3)10(2)8-12(14)4/h8-9,13,16H,7H2,1-6H3. The number of hydrogen-bond acceptors (Lipinski definition) is 1. The van der Waals surface area contributed by atoms with Gasteiger partial charge >= 0.3 is 0 Å². The zero-order valence-electron chi connectivity index (χ0n) is 11.4. The summed E-state index contributed by atoms with van der Waals surface area (Å²) in [4.78, 5) is 0. The Hall–Kier alpha value is -0.820. The van der Waals surface area contributed by atoms with Crippen LogP contribution in [0, 0.1) is 26.7 Å². The molecule has 2 unspecified atom stereocenters. The summed E-state index contributed by atoms with van der Waals surface area (Å²) in [5.74, 6) is 0.272. The number of hydrogen-bond donors (Lipinski definition) is 1. The third kappa shape index (κ3) is 2.30. The van der Waals surface area contributed by atoms with Gasteiger partial charge in [0.1, 0.15) is 0 Å². The molecule has 1 N–H and O–H groups in total. The van der Waals surface area contributed by atoms with E-state index in [9.17, 15) is 5.11 Å². The maximum Gasteiger partial charge on any atom is 0.0896 e. The van der Waals surface area contributed by atoms with Gasteiger partial charge in [-0.3, -0.25) is 0 Å². The minimum absolute atomic E-state index is 0.272. The first-order valence-electron chi connectivity index (χ1n) is 6.11. The van der Waals surface area contributed by atoms with E-state index in [1.54, 1.807) is 0 Å². The van der Waals surface area contributed by atoms with Gasteiger partial charge in [0.25, 0.3) is 0 Å². The second-order valence-corrected chi connectivity index (χ2v) is 5.21. The number of aliphatic hydroxyl groups is 1. The Morgan fingerprint density at radius 3 is 2.12 bits per heavy atom. The topological polar surface area (TPSA) is 20.2 Å². The summed E-state index contributed by atoms with van der Waals surface area (Å²) >= 11 is 0. The molecule has 0 bridgehead atoms. The first kappa shape index (κ1) is 13.2. The normalized spacial score (nSPS) is 16.9. The van der Waals surface area contributed by atoms with Gasteiger partial charge in [0.2, 0.25) is 0 Å². The van der Waals surface area contributed by atoms with Crippen molar-refractivity contribution in [2.45, 2.75) is 53.6 Å². The van der Waals surface area contributed by atoms with Crippen molar-refractivity contribution in [2.75, 3.05) is 0 Å². The molecule has 0 aliphatic rings. The van der Waals surface area contributed by atoms with Crippen LogP contribution in [0.3, 0.4) is 0 Å². The van der Waals surface area contributed by atoms with E-state index in [-0.39, 0.29) is 5.92 Å². The van der Waals surface area contributed by atoms with Crippen LogP contribution in [0.5, 0.6) is 0 Å². The van der Waals surface area contributed by atoms with Crippen molar-refractivity contribution >= 4 is 0 Å². The predicted octanol–water partition coefficient (Wildman–Crippen LogP) is 3.87. The van der Waals surface area contributed by atoms with Gasteiger partial charge in [0.05, 0.1) is 5.60 Å². The highest BCUT2D eigenvalue weighted by atomic mass is 16.3. The molecule has 0 saturated carbocycles. The van der Waals surface area contributed by atoms with Gasteiger partial charge in [-0.2, -0.15) is 0 Å². The van der Waals surface area contributed by atoms with Crippen LogP contribution in [0.25, 0.3) is 0 Å². The molecule has 1 nitrogen and oxygen atoms in total. The van der Waals surface area contributed by atoms with Crippen LogP contribution in [-0.4, -0.2) is 5.11 Å². The molecule has 16 heavy (non-hydrogen) atoms. The quantitative estimate of drug-likeness (QED) is 0.820. The van der Waals surface area contributed by atoms with Gasteiger partial charge in [-0.15, -0.1) is 0 Å². The van der Waals surface area contributed by atoms with Crippen LogP contribution >= 0.6 is 0 Å². The summed E-state index contributed by atoms with van der Waals surface area (Å²) in [6.07, 6.45) is 0.985. The molecule has 0 heterocycles. The van der Waals surface area contributed by atoms with Crippen molar-refractivity contribution in [2.24, 2.45) is 5.92 Å². The van der Waals surface area contributed by atoms with Crippen molar-refractivity contribution in [3.8, 4) is 0 Å². The third-order valence-corrected chi connectivity index (χ3v) is 3.96. The second-order valence-electron chi connectivity index (χ2n) is 5.21. The van der Waals surface area contributed by atoms with E-state index in [0.717, 1.165) is 12.0 Å².